The quantitative estimate of drug-likeness (QED) is 0.594. The van der Waals surface area contributed by atoms with Gasteiger partial charge in [0.25, 0.3) is 0 Å². The van der Waals surface area contributed by atoms with Gasteiger partial charge in [0.15, 0.2) is 6.10 Å². The van der Waals surface area contributed by atoms with Crippen molar-refractivity contribution in [3.05, 3.63) is 35.8 Å². The first-order valence-electron chi connectivity index (χ1n) is 7.77. The molecule has 112 valence electrons. The first-order chi connectivity index (χ1) is 9.80. The van der Waals surface area contributed by atoms with Gasteiger partial charge in [-0.15, -0.1) is 0 Å². The van der Waals surface area contributed by atoms with Gasteiger partial charge < -0.3 is 14.2 Å². The summed E-state index contributed by atoms with van der Waals surface area (Å²) in [6, 6.07) is 0. The van der Waals surface area contributed by atoms with E-state index in [2.05, 4.69) is 32.9 Å². The van der Waals surface area contributed by atoms with Crippen LogP contribution in [0.5, 0.6) is 0 Å². The van der Waals surface area contributed by atoms with Crippen LogP contribution < -0.4 is 0 Å². The maximum atomic E-state index is 6.04. The fourth-order valence-electron chi connectivity index (χ4n) is 2.37. The second-order valence-electron chi connectivity index (χ2n) is 5.29. The van der Waals surface area contributed by atoms with Crippen LogP contribution in [-0.4, -0.2) is 24.9 Å². The Morgan fingerprint density at radius 1 is 1.15 bits per heavy atom. The highest BCUT2D eigenvalue weighted by molar-refractivity contribution is 5.19. The van der Waals surface area contributed by atoms with Gasteiger partial charge in [0, 0.05) is 11.1 Å². The summed E-state index contributed by atoms with van der Waals surface area (Å²) in [5.41, 5.74) is 2.67. The van der Waals surface area contributed by atoms with Gasteiger partial charge in [-0.3, -0.25) is 0 Å². The van der Waals surface area contributed by atoms with Gasteiger partial charge >= 0.3 is 0 Å². The fraction of sp³-hybridized carbons (Fsp3) is 0.647. The molecule has 2 aliphatic heterocycles. The van der Waals surface area contributed by atoms with Gasteiger partial charge in [0.1, 0.15) is 12.2 Å². The van der Waals surface area contributed by atoms with Crippen LogP contribution in [0, 0.1) is 0 Å². The van der Waals surface area contributed by atoms with Crippen molar-refractivity contribution in [1.29, 1.82) is 0 Å². The highest BCUT2D eigenvalue weighted by atomic mass is 16.6. The number of hydrogen-bond donors (Lipinski definition) is 0. The van der Waals surface area contributed by atoms with Crippen LogP contribution in [0.2, 0.25) is 0 Å². The normalized spacial score (nSPS) is 25.9. The summed E-state index contributed by atoms with van der Waals surface area (Å²) in [6.45, 7) is 7.09. The molecule has 0 spiro atoms. The molecular weight excluding hydrogens is 252 g/mol. The summed E-state index contributed by atoms with van der Waals surface area (Å²) in [5.74, 6) is 0. The van der Waals surface area contributed by atoms with Gasteiger partial charge in [-0.05, 0) is 19.3 Å². The van der Waals surface area contributed by atoms with Crippen LogP contribution in [0.15, 0.2) is 35.8 Å². The Morgan fingerprint density at radius 2 is 1.90 bits per heavy atom. The van der Waals surface area contributed by atoms with E-state index in [-0.39, 0.29) is 18.3 Å². The number of unbranched alkanes of at least 4 members (excludes halogenated alkanes) is 1. The lowest BCUT2D eigenvalue weighted by atomic mass is 9.98. The SMILES string of the molecule is CCC/C=C/C(OCC1OC=C1CC)C1OC=C1CC. The second kappa shape index (κ2) is 7.53. The van der Waals surface area contributed by atoms with Gasteiger partial charge in [-0.1, -0.05) is 39.3 Å². The highest BCUT2D eigenvalue weighted by Gasteiger charge is 2.32. The molecule has 0 aromatic carbocycles. The summed E-state index contributed by atoms with van der Waals surface area (Å²) in [6.07, 6.45) is 12.5. The molecule has 3 unspecified atom stereocenters. The molecule has 3 nitrogen and oxygen atoms in total. The Bertz CT molecular complexity index is 395. The van der Waals surface area contributed by atoms with Crippen molar-refractivity contribution in [3.8, 4) is 0 Å². The average Bonchev–Trinajstić information content (AvgIpc) is 2.37. The third-order valence-corrected chi connectivity index (χ3v) is 3.86. The van der Waals surface area contributed by atoms with E-state index in [0.29, 0.717) is 6.61 Å². The highest BCUT2D eigenvalue weighted by Crippen LogP contribution is 2.28. The van der Waals surface area contributed by atoms with Gasteiger partial charge in [0.2, 0.25) is 0 Å². The van der Waals surface area contributed by atoms with E-state index in [1.807, 2.05) is 12.5 Å². The average molecular weight is 278 g/mol. The molecule has 0 saturated carbocycles. The predicted molar refractivity (Wildman–Crippen MR) is 80.3 cm³/mol. The predicted octanol–water partition coefficient (Wildman–Crippen LogP) is 4.11. The molecule has 0 amide bonds. The lowest BCUT2D eigenvalue weighted by molar-refractivity contribution is -0.0588. The number of hydrogen-bond acceptors (Lipinski definition) is 3. The second-order valence-corrected chi connectivity index (χ2v) is 5.29. The third kappa shape index (κ3) is 3.45. The van der Waals surface area contributed by atoms with Crippen LogP contribution in [0.4, 0.5) is 0 Å². The minimum absolute atomic E-state index is 0.00352. The van der Waals surface area contributed by atoms with Crippen molar-refractivity contribution in [1.82, 2.24) is 0 Å². The largest absolute Gasteiger partial charge is 0.491 e. The zero-order valence-electron chi connectivity index (χ0n) is 12.8. The zero-order chi connectivity index (χ0) is 14.4. The summed E-state index contributed by atoms with van der Waals surface area (Å²) < 4.78 is 17.0. The molecule has 0 bridgehead atoms. The van der Waals surface area contributed by atoms with Crippen LogP contribution in [0.1, 0.15) is 46.5 Å². The van der Waals surface area contributed by atoms with Crippen molar-refractivity contribution in [2.45, 2.75) is 64.8 Å². The van der Waals surface area contributed by atoms with E-state index in [4.69, 9.17) is 14.2 Å². The van der Waals surface area contributed by atoms with Crippen LogP contribution in [0.3, 0.4) is 0 Å². The van der Waals surface area contributed by atoms with E-state index in [0.717, 1.165) is 25.7 Å². The minimum atomic E-state index is 0.00352. The molecule has 0 aromatic rings. The van der Waals surface area contributed by atoms with E-state index < -0.39 is 0 Å². The Morgan fingerprint density at radius 3 is 2.40 bits per heavy atom. The Labute approximate surface area is 122 Å². The van der Waals surface area contributed by atoms with E-state index in [1.54, 1.807) is 0 Å². The molecule has 2 rings (SSSR count). The molecule has 2 heterocycles. The molecule has 3 heteroatoms. The molecule has 0 N–H and O–H groups in total. The van der Waals surface area contributed by atoms with Crippen molar-refractivity contribution in [2.75, 3.05) is 6.61 Å². The summed E-state index contributed by atoms with van der Waals surface area (Å²) in [4.78, 5) is 0. The monoisotopic (exact) mass is 278 g/mol. The molecule has 2 aliphatic rings. The number of rotatable bonds is 9. The molecule has 3 atom stereocenters. The van der Waals surface area contributed by atoms with Crippen LogP contribution in [0.25, 0.3) is 0 Å². The van der Waals surface area contributed by atoms with Crippen molar-refractivity contribution < 1.29 is 14.2 Å². The summed E-state index contributed by atoms with van der Waals surface area (Å²) in [5, 5.41) is 0. The summed E-state index contributed by atoms with van der Waals surface area (Å²) in [7, 11) is 0. The number of ether oxygens (including phenoxy) is 3. The Hall–Kier alpha value is -1.22. The maximum Gasteiger partial charge on any atom is 0.152 e. The Balaban J connectivity index is 1.86. The standard InChI is InChI=1S/C17H26O3/c1-4-7-8-9-15(17-14(6-3)11-20-17)19-12-16-13(5-2)10-18-16/h8-11,15-17H,4-7,12H2,1-3H3/b9-8+. The van der Waals surface area contributed by atoms with E-state index in [1.165, 1.54) is 11.1 Å². The molecular formula is C17H26O3. The number of allylic oxidation sites excluding steroid dienone is 1. The van der Waals surface area contributed by atoms with Gasteiger partial charge in [-0.2, -0.15) is 0 Å². The first kappa shape index (κ1) is 15.2. The smallest absolute Gasteiger partial charge is 0.152 e. The minimum Gasteiger partial charge on any atom is -0.491 e. The molecule has 0 aliphatic carbocycles. The van der Waals surface area contributed by atoms with Gasteiger partial charge in [0.05, 0.1) is 19.1 Å². The summed E-state index contributed by atoms with van der Waals surface area (Å²) >= 11 is 0. The lowest BCUT2D eigenvalue weighted by Crippen LogP contribution is -2.39. The molecule has 0 radical (unpaired) electrons. The zero-order valence-corrected chi connectivity index (χ0v) is 12.8. The van der Waals surface area contributed by atoms with E-state index in [9.17, 15) is 0 Å². The lowest BCUT2D eigenvalue weighted by Gasteiger charge is -2.35. The van der Waals surface area contributed by atoms with Gasteiger partial charge in [-0.25, -0.2) is 0 Å². The molecule has 0 aromatic heterocycles. The topological polar surface area (TPSA) is 27.7 Å². The van der Waals surface area contributed by atoms with Crippen molar-refractivity contribution >= 4 is 0 Å². The van der Waals surface area contributed by atoms with E-state index >= 15 is 0 Å². The van der Waals surface area contributed by atoms with Crippen molar-refractivity contribution in [2.24, 2.45) is 0 Å². The molecule has 0 fully saturated rings. The van der Waals surface area contributed by atoms with Crippen molar-refractivity contribution in [3.63, 3.8) is 0 Å². The van der Waals surface area contributed by atoms with Crippen LogP contribution in [-0.2, 0) is 14.2 Å². The maximum absolute atomic E-state index is 6.04. The Kier molecular flexibility index (Phi) is 5.72. The third-order valence-electron chi connectivity index (χ3n) is 3.86. The molecule has 0 saturated heterocycles. The van der Waals surface area contributed by atoms with Crippen LogP contribution >= 0.6 is 0 Å². The fourth-order valence-corrected chi connectivity index (χ4v) is 2.37. The first-order valence-corrected chi connectivity index (χ1v) is 7.77. The molecule has 20 heavy (non-hydrogen) atoms.